The number of aliphatic hydroxyl groups is 1. The van der Waals surface area contributed by atoms with Crippen LogP contribution in [0.2, 0.25) is 0 Å². The van der Waals surface area contributed by atoms with Crippen LogP contribution in [0.1, 0.15) is 55.8 Å². The normalized spacial score (nSPS) is 34.1. The zero-order valence-corrected chi connectivity index (χ0v) is 15.7. The average Bonchev–Trinajstić information content (AvgIpc) is 3.10. The van der Waals surface area contributed by atoms with E-state index in [2.05, 4.69) is 15.3 Å². The number of hydrogen-bond acceptors (Lipinski definition) is 5. The first kappa shape index (κ1) is 17.0. The van der Waals surface area contributed by atoms with Gasteiger partial charge in [0.05, 0.1) is 17.9 Å². The lowest BCUT2D eigenvalue weighted by Crippen LogP contribution is -2.59. The second-order valence-electron chi connectivity index (χ2n) is 8.79. The SMILES string of the molecule is CCCOC(=O)c1cnc2[nH]ccc2c1NC1[C@@H]2CC3C[C@H]1CC(O)(C3)C2. The summed E-state index contributed by atoms with van der Waals surface area (Å²) in [4.78, 5) is 20.2. The van der Waals surface area contributed by atoms with Crippen LogP contribution in [0.25, 0.3) is 11.0 Å². The molecule has 4 bridgehead atoms. The number of aromatic amines is 1. The molecule has 3 N–H and O–H groups in total. The summed E-state index contributed by atoms with van der Waals surface area (Å²) in [7, 11) is 0. The Balaban J connectivity index is 1.49. The van der Waals surface area contributed by atoms with E-state index in [1.165, 1.54) is 12.8 Å². The largest absolute Gasteiger partial charge is 0.462 e. The van der Waals surface area contributed by atoms with E-state index < -0.39 is 5.60 Å². The number of anilines is 1. The molecule has 0 amide bonds. The van der Waals surface area contributed by atoms with Crippen LogP contribution in [0, 0.1) is 17.8 Å². The van der Waals surface area contributed by atoms with Crippen molar-refractivity contribution in [3.8, 4) is 0 Å². The van der Waals surface area contributed by atoms with Gasteiger partial charge in [-0.2, -0.15) is 0 Å². The van der Waals surface area contributed by atoms with Crippen LogP contribution in [0.5, 0.6) is 0 Å². The summed E-state index contributed by atoms with van der Waals surface area (Å²) in [5.74, 6) is 1.26. The second-order valence-corrected chi connectivity index (χ2v) is 8.79. The number of aromatic nitrogens is 2. The molecule has 4 aliphatic rings. The fourth-order valence-electron chi connectivity index (χ4n) is 5.97. The third kappa shape index (κ3) is 2.81. The lowest BCUT2D eigenvalue weighted by Gasteiger charge is -2.58. The topological polar surface area (TPSA) is 87.2 Å². The van der Waals surface area contributed by atoms with Gasteiger partial charge in [0.15, 0.2) is 0 Å². The van der Waals surface area contributed by atoms with Crippen LogP contribution >= 0.6 is 0 Å². The number of hydrogen-bond donors (Lipinski definition) is 3. The minimum atomic E-state index is -0.459. The van der Waals surface area contributed by atoms with Crippen molar-refractivity contribution in [3.05, 3.63) is 24.0 Å². The molecule has 4 aliphatic carbocycles. The predicted octanol–water partition coefficient (Wildman–Crippen LogP) is 3.48. The first-order chi connectivity index (χ1) is 13.1. The van der Waals surface area contributed by atoms with E-state index in [1.807, 2.05) is 19.2 Å². The van der Waals surface area contributed by atoms with Crippen molar-refractivity contribution in [1.82, 2.24) is 9.97 Å². The third-order valence-electron chi connectivity index (χ3n) is 6.80. The van der Waals surface area contributed by atoms with Gasteiger partial charge in [0.25, 0.3) is 0 Å². The van der Waals surface area contributed by atoms with Gasteiger partial charge >= 0.3 is 5.97 Å². The smallest absolute Gasteiger partial charge is 0.341 e. The zero-order valence-electron chi connectivity index (χ0n) is 15.7. The van der Waals surface area contributed by atoms with E-state index in [0.717, 1.165) is 42.4 Å². The summed E-state index contributed by atoms with van der Waals surface area (Å²) >= 11 is 0. The van der Waals surface area contributed by atoms with Crippen molar-refractivity contribution in [2.45, 2.75) is 57.1 Å². The number of ether oxygens (including phenoxy) is 1. The molecule has 2 aromatic heterocycles. The number of nitrogens with zero attached hydrogens (tertiary/aromatic N) is 1. The molecule has 0 aliphatic heterocycles. The van der Waals surface area contributed by atoms with E-state index in [1.54, 1.807) is 6.20 Å². The lowest BCUT2D eigenvalue weighted by atomic mass is 9.52. The quantitative estimate of drug-likeness (QED) is 0.703. The highest BCUT2D eigenvalue weighted by Gasteiger charge is 2.54. The Hall–Kier alpha value is -2.08. The maximum Gasteiger partial charge on any atom is 0.341 e. The van der Waals surface area contributed by atoms with Crippen LogP contribution in [-0.2, 0) is 4.74 Å². The summed E-state index contributed by atoms with van der Waals surface area (Å²) < 4.78 is 5.40. The van der Waals surface area contributed by atoms with Crippen LogP contribution in [0.15, 0.2) is 18.5 Å². The number of H-pyrrole nitrogens is 1. The maximum atomic E-state index is 12.6. The standard InChI is InChI=1S/C21H27N3O3/c1-2-5-27-20(25)16-11-23-19-15(3-4-22-19)18(16)24-17-13-6-12-7-14(17)10-21(26,8-12)9-13/h3-4,11-14,17,26H,2,5-10H2,1H3,(H2,22,23,24)/t12?,13-,14+,17?,21?. The fraction of sp³-hybridized carbons (Fsp3) is 0.619. The van der Waals surface area contributed by atoms with Gasteiger partial charge in [-0.05, 0) is 62.3 Å². The molecule has 6 nitrogen and oxygen atoms in total. The maximum absolute atomic E-state index is 12.6. The molecule has 0 spiro atoms. The number of pyridine rings is 1. The lowest BCUT2D eigenvalue weighted by molar-refractivity contribution is -0.129. The van der Waals surface area contributed by atoms with Crippen molar-refractivity contribution >= 4 is 22.7 Å². The molecule has 27 heavy (non-hydrogen) atoms. The highest BCUT2D eigenvalue weighted by molar-refractivity contribution is 6.04. The van der Waals surface area contributed by atoms with E-state index in [0.29, 0.717) is 36.0 Å². The molecule has 144 valence electrons. The minimum Gasteiger partial charge on any atom is -0.462 e. The Morgan fingerprint density at radius 1 is 1.37 bits per heavy atom. The summed E-state index contributed by atoms with van der Waals surface area (Å²) in [6.07, 6.45) is 9.32. The first-order valence-electron chi connectivity index (χ1n) is 10.2. The second kappa shape index (κ2) is 6.23. The molecule has 6 heteroatoms. The van der Waals surface area contributed by atoms with Crippen LogP contribution in [0.4, 0.5) is 5.69 Å². The molecule has 4 fully saturated rings. The molecule has 2 aromatic rings. The van der Waals surface area contributed by atoms with Crippen LogP contribution in [0.3, 0.4) is 0 Å². The van der Waals surface area contributed by atoms with Gasteiger partial charge in [-0.3, -0.25) is 0 Å². The van der Waals surface area contributed by atoms with Gasteiger partial charge in [0, 0.05) is 23.8 Å². The molecule has 0 radical (unpaired) electrons. The predicted molar refractivity (Wildman–Crippen MR) is 103 cm³/mol. The Kier molecular flexibility index (Phi) is 3.93. The molecule has 5 atom stereocenters. The van der Waals surface area contributed by atoms with Gasteiger partial charge in [0.1, 0.15) is 11.2 Å². The molecule has 2 heterocycles. The third-order valence-corrected chi connectivity index (χ3v) is 6.80. The van der Waals surface area contributed by atoms with Crippen LogP contribution in [-0.4, -0.2) is 39.3 Å². The molecular weight excluding hydrogens is 342 g/mol. The summed E-state index contributed by atoms with van der Waals surface area (Å²) in [5.41, 5.74) is 1.64. The first-order valence-corrected chi connectivity index (χ1v) is 10.2. The number of rotatable bonds is 5. The molecule has 3 unspecified atom stereocenters. The Bertz CT molecular complexity index is 861. The molecule has 6 rings (SSSR count). The van der Waals surface area contributed by atoms with E-state index in [9.17, 15) is 9.90 Å². The number of nitrogens with one attached hydrogen (secondary N) is 2. The number of carbonyl (C=O) groups is 1. The van der Waals surface area contributed by atoms with Gasteiger partial charge in [-0.1, -0.05) is 6.92 Å². The molecule has 4 saturated carbocycles. The van der Waals surface area contributed by atoms with Crippen molar-refractivity contribution in [1.29, 1.82) is 0 Å². The number of fused-ring (bicyclic) bond motifs is 1. The van der Waals surface area contributed by atoms with Crippen molar-refractivity contribution < 1.29 is 14.6 Å². The van der Waals surface area contributed by atoms with Crippen LogP contribution < -0.4 is 5.32 Å². The Morgan fingerprint density at radius 2 is 2.15 bits per heavy atom. The number of esters is 1. The average molecular weight is 369 g/mol. The zero-order chi connectivity index (χ0) is 18.6. The van der Waals surface area contributed by atoms with E-state index in [-0.39, 0.29) is 5.97 Å². The molecule has 0 saturated heterocycles. The number of carbonyl (C=O) groups excluding carboxylic acids is 1. The highest BCUT2D eigenvalue weighted by Crippen LogP contribution is 2.56. The summed E-state index contributed by atoms with van der Waals surface area (Å²) in [5, 5.41) is 15.5. The van der Waals surface area contributed by atoms with Gasteiger partial charge in [0.2, 0.25) is 0 Å². The Labute approximate surface area is 158 Å². The summed E-state index contributed by atoms with van der Waals surface area (Å²) in [6.45, 7) is 2.39. The van der Waals surface area contributed by atoms with E-state index >= 15 is 0 Å². The van der Waals surface area contributed by atoms with Gasteiger partial charge in [-0.15, -0.1) is 0 Å². The van der Waals surface area contributed by atoms with Gasteiger partial charge in [-0.25, -0.2) is 9.78 Å². The highest BCUT2D eigenvalue weighted by atomic mass is 16.5. The fourth-order valence-corrected chi connectivity index (χ4v) is 5.97. The molecular formula is C21H27N3O3. The van der Waals surface area contributed by atoms with Crippen molar-refractivity contribution in [2.75, 3.05) is 11.9 Å². The summed E-state index contributed by atoms with van der Waals surface area (Å²) in [6, 6.07) is 2.25. The molecule has 0 aromatic carbocycles. The van der Waals surface area contributed by atoms with Crippen molar-refractivity contribution in [2.24, 2.45) is 17.8 Å². The van der Waals surface area contributed by atoms with Crippen molar-refractivity contribution in [3.63, 3.8) is 0 Å². The van der Waals surface area contributed by atoms with E-state index in [4.69, 9.17) is 4.74 Å². The monoisotopic (exact) mass is 369 g/mol. The minimum absolute atomic E-state index is 0.292. The van der Waals surface area contributed by atoms with Gasteiger partial charge < -0.3 is 20.1 Å². The Morgan fingerprint density at radius 3 is 2.85 bits per heavy atom.